The third kappa shape index (κ3) is 2.04. The summed E-state index contributed by atoms with van der Waals surface area (Å²) in [5.74, 6) is -3.17. The number of hydrogen-bond donors (Lipinski definition) is 0. The van der Waals surface area contributed by atoms with Gasteiger partial charge in [0.25, 0.3) is 0 Å². The number of fused-ring (bicyclic) bond motifs is 1. The lowest BCUT2D eigenvalue weighted by Crippen LogP contribution is -2.45. The monoisotopic (exact) mass is 352 g/mol. The SMILES string of the molecule is O=C([O-])[C@@H]1[C@H]2C=C[C@@]3(CN(Cc4cccc(Cl)c4Cl)C(=O)[C@@H]13)O2. The van der Waals surface area contributed by atoms with Crippen LogP contribution in [0.1, 0.15) is 5.56 Å². The van der Waals surface area contributed by atoms with E-state index in [2.05, 4.69) is 0 Å². The Morgan fingerprint density at radius 2 is 2.22 bits per heavy atom. The average Bonchev–Trinajstić information content (AvgIpc) is 3.13. The van der Waals surface area contributed by atoms with Gasteiger partial charge in [0.05, 0.1) is 28.6 Å². The predicted octanol–water partition coefficient (Wildman–Crippen LogP) is 1.03. The maximum absolute atomic E-state index is 12.7. The number of aliphatic carboxylic acids is 1. The van der Waals surface area contributed by atoms with Gasteiger partial charge in [-0.3, -0.25) is 4.79 Å². The van der Waals surface area contributed by atoms with Crippen LogP contribution < -0.4 is 5.11 Å². The second-order valence-corrected chi connectivity index (χ2v) is 6.91. The summed E-state index contributed by atoms with van der Waals surface area (Å²) in [7, 11) is 0. The van der Waals surface area contributed by atoms with E-state index in [-0.39, 0.29) is 12.5 Å². The molecule has 4 atom stereocenters. The Morgan fingerprint density at radius 3 is 2.96 bits per heavy atom. The topological polar surface area (TPSA) is 69.7 Å². The van der Waals surface area contributed by atoms with Gasteiger partial charge in [0.15, 0.2) is 0 Å². The first-order chi connectivity index (χ1) is 10.9. The summed E-state index contributed by atoms with van der Waals surface area (Å²) in [6, 6.07) is 5.22. The van der Waals surface area contributed by atoms with Gasteiger partial charge in [-0.15, -0.1) is 0 Å². The Labute approximate surface area is 142 Å². The number of benzene rings is 1. The van der Waals surface area contributed by atoms with Crippen molar-refractivity contribution < 1.29 is 19.4 Å². The maximum Gasteiger partial charge on any atom is 0.230 e. The number of ether oxygens (including phenoxy) is 1. The van der Waals surface area contributed by atoms with Crippen molar-refractivity contribution in [2.75, 3.05) is 6.54 Å². The highest BCUT2D eigenvalue weighted by atomic mass is 35.5. The van der Waals surface area contributed by atoms with Crippen LogP contribution in [-0.2, 0) is 20.9 Å². The van der Waals surface area contributed by atoms with E-state index in [0.717, 1.165) is 0 Å². The normalized spacial score (nSPS) is 34.3. The number of hydrogen-bond acceptors (Lipinski definition) is 4. The predicted molar refractivity (Wildman–Crippen MR) is 80.6 cm³/mol. The summed E-state index contributed by atoms with van der Waals surface area (Å²) in [5.41, 5.74) is -0.148. The Balaban J connectivity index is 1.64. The molecule has 0 saturated carbocycles. The van der Waals surface area contributed by atoms with Crippen molar-refractivity contribution in [2.45, 2.75) is 18.2 Å². The molecule has 4 rings (SSSR count). The number of amides is 1. The minimum Gasteiger partial charge on any atom is -0.550 e. The van der Waals surface area contributed by atoms with E-state index in [1.165, 1.54) is 0 Å². The zero-order chi connectivity index (χ0) is 16.4. The molecule has 3 heterocycles. The van der Waals surface area contributed by atoms with Crippen LogP contribution in [0.15, 0.2) is 30.4 Å². The van der Waals surface area contributed by atoms with Crippen molar-refractivity contribution in [2.24, 2.45) is 11.8 Å². The highest BCUT2D eigenvalue weighted by Gasteiger charge is 2.65. The molecule has 2 bridgehead atoms. The molecule has 0 aliphatic carbocycles. The van der Waals surface area contributed by atoms with E-state index in [0.29, 0.717) is 22.2 Å². The fourth-order valence-electron chi connectivity index (χ4n) is 3.86. The fraction of sp³-hybridized carbons (Fsp3) is 0.375. The molecular weight excluding hydrogens is 341 g/mol. The lowest BCUT2D eigenvalue weighted by atomic mass is 9.77. The van der Waals surface area contributed by atoms with Crippen molar-refractivity contribution in [3.05, 3.63) is 46.0 Å². The zero-order valence-corrected chi connectivity index (χ0v) is 13.4. The molecule has 2 saturated heterocycles. The minimum atomic E-state index is -1.25. The summed E-state index contributed by atoms with van der Waals surface area (Å²) in [6.07, 6.45) is 2.94. The van der Waals surface area contributed by atoms with Crippen LogP contribution in [-0.4, -0.2) is 35.0 Å². The molecule has 0 aromatic heterocycles. The summed E-state index contributed by atoms with van der Waals surface area (Å²) in [6.45, 7) is 0.564. The molecule has 1 aromatic rings. The fourth-order valence-corrected chi connectivity index (χ4v) is 4.24. The third-order valence-corrected chi connectivity index (χ3v) is 5.70. The van der Waals surface area contributed by atoms with Gasteiger partial charge in [0.1, 0.15) is 5.60 Å². The molecule has 0 N–H and O–H groups in total. The number of nitrogens with zero attached hydrogens (tertiary/aromatic N) is 1. The van der Waals surface area contributed by atoms with Gasteiger partial charge in [-0.05, 0) is 11.6 Å². The second-order valence-electron chi connectivity index (χ2n) is 6.13. The van der Waals surface area contributed by atoms with Crippen LogP contribution >= 0.6 is 23.2 Å². The van der Waals surface area contributed by atoms with Gasteiger partial charge in [-0.1, -0.05) is 47.5 Å². The Bertz CT molecular complexity index is 750. The van der Waals surface area contributed by atoms with Gasteiger partial charge in [0.2, 0.25) is 5.91 Å². The maximum atomic E-state index is 12.7. The Morgan fingerprint density at radius 1 is 1.43 bits per heavy atom. The smallest absolute Gasteiger partial charge is 0.230 e. The van der Waals surface area contributed by atoms with Gasteiger partial charge in [-0.2, -0.15) is 0 Å². The molecule has 3 aliphatic heterocycles. The molecule has 1 amide bonds. The van der Waals surface area contributed by atoms with E-state index in [4.69, 9.17) is 27.9 Å². The van der Waals surface area contributed by atoms with Crippen LogP contribution in [0.3, 0.4) is 0 Å². The van der Waals surface area contributed by atoms with Crippen LogP contribution in [0.5, 0.6) is 0 Å². The molecule has 0 radical (unpaired) electrons. The lowest BCUT2D eigenvalue weighted by molar-refractivity contribution is -0.313. The van der Waals surface area contributed by atoms with E-state index < -0.39 is 29.5 Å². The zero-order valence-electron chi connectivity index (χ0n) is 11.9. The average molecular weight is 353 g/mol. The molecule has 2 fully saturated rings. The molecular formula is C16H12Cl2NO4-. The van der Waals surface area contributed by atoms with Crippen molar-refractivity contribution in [3.8, 4) is 0 Å². The van der Waals surface area contributed by atoms with E-state index in [9.17, 15) is 14.7 Å². The molecule has 5 nitrogen and oxygen atoms in total. The van der Waals surface area contributed by atoms with Gasteiger partial charge < -0.3 is 19.5 Å². The third-order valence-electron chi connectivity index (χ3n) is 4.84. The Hall–Kier alpha value is -1.56. The first-order valence-electron chi connectivity index (χ1n) is 7.23. The number of carbonyl (C=O) groups is 2. The number of likely N-dealkylation sites (tertiary alicyclic amines) is 1. The molecule has 23 heavy (non-hydrogen) atoms. The molecule has 1 spiro atoms. The Kier molecular flexibility index (Phi) is 3.24. The number of halogens is 2. The molecule has 3 aliphatic rings. The van der Waals surface area contributed by atoms with Gasteiger partial charge in [-0.25, -0.2) is 0 Å². The largest absolute Gasteiger partial charge is 0.550 e. The van der Waals surface area contributed by atoms with Crippen LogP contribution in [0.4, 0.5) is 0 Å². The van der Waals surface area contributed by atoms with Crippen LogP contribution in [0, 0.1) is 11.8 Å². The van der Waals surface area contributed by atoms with E-state index >= 15 is 0 Å². The standard InChI is InChI=1S/C16H13Cl2NO4/c17-9-3-1-2-8(13(9)18)6-19-7-16-5-4-10(23-16)11(15(21)22)12(16)14(19)20/h1-5,10-12H,6-7H2,(H,21,22)/p-1/t10-,11-,12-,16+/m1/s1. The lowest BCUT2D eigenvalue weighted by Gasteiger charge is -2.24. The van der Waals surface area contributed by atoms with Crippen molar-refractivity contribution in [1.29, 1.82) is 0 Å². The highest BCUT2D eigenvalue weighted by molar-refractivity contribution is 6.42. The highest BCUT2D eigenvalue weighted by Crippen LogP contribution is 2.52. The number of rotatable bonds is 3. The summed E-state index contributed by atoms with van der Waals surface area (Å²) < 4.78 is 5.80. The summed E-state index contributed by atoms with van der Waals surface area (Å²) >= 11 is 12.2. The van der Waals surface area contributed by atoms with E-state index in [1.54, 1.807) is 35.3 Å². The van der Waals surface area contributed by atoms with Crippen molar-refractivity contribution in [1.82, 2.24) is 4.90 Å². The number of carboxylic acid groups (broad SMARTS) is 1. The van der Waals surface area contributed by atoms with E-state index in [1.807, 2.05) is 0 Å². The van der Waals surface area contributed by atoms with Gasteiger partial charge in [0, 0.05) is 18.4 Å². The quantitative estimate of drug-likeness (QED) is 0.761. The minimum absolute atomic E-state index is 0.248. The van der Waals surface area contributed by atoms with Crippen LogP contribution in [0.2, 0.25) is 10.0 Å². The van der Waals surface area contributed by atoms with Gasteiger partial charge >= 0.3 is 0 Å². The first-order valence-corrected chi connectivity index (χ1v) is 7.98. The van der Waals surface area contributed by atoms with Crippen molar-refractivity contribution in [3.63, 3.8) is 0 Å². The molecule has 120 valence electrons. The second kappa shape index (κ2) is 4.97. The molecule has 1 aromatic carbocycles. The number of carbonyl (C=O) groups excluding carboxylic acids is 2. The van der Waals surface area contributed by atoms with Crippen LogP contribution in [0.25, 0.3) is 0 Å². The molecule has 7 heteroatoms. The first kappa shape index (κ1) is 15.0. The number of carboxylic acids is 1. The summed E-state index contributed by atoms with van der Waals surface area (Å²) in [4.78, 5) is 25.7. The van der Waals surface area contributed by atoms with Crippen molar-refractivity contribution >= 4 is 35.1 Å². The molecule has 0 unspecified atom stereocenters. The summed E-state index contributed by atoms with van der Waals surface area (Å²) in [5, 5.41) is 12.2.